The molecule has 3 rings (SSSR count). The van der Waals surface area contributed by atoms with Gasteiger partial charge in [-0.2, -0.15) is 4.31 Å². The van der Waals surface area contributed by atoms with Crippen LogP contribution in [-0.2, 0) is 14.8 Å². The third-order valence-corrected chi connectivity index (χ3v) is 7.40. The van der Waals surface area contributed by atoms with Crippen molar-refractivity contribution in [3.63, 3.8) is 0 Å². The lowest BCUT2D eigenvalue weighted by molar-refractivity contribution is -0.123. The highest BCUT2D eigenvalue weighted by atomic mass is 35.5. The van der Waals surface area contributed by atoms with Crippen molar-refractivity contribution in [3.8, 4) is 0 Å². The molecule has 0 bridgehead atoms. The molecule has 2 aromatic rings. The molecule has 1 amide bonds. The number of halogens is 1. The van der Waals surface area contributed by atoms with Crippen LogP contribution in [0.2, 0.25) is 5.02 Å². The van der Waals surface area contributed by atoms with Crippen molar-refractivity contribution < 1.29 is 13.2 Å². The molecular formula is C14H16ClN3O3S2. The zero-order chi connectivity index (χ0) is 16.6. The summed E-state index contributed by atoms with van der Waals surface area (Å²) in [7, 11) is -2.09. The Morgan fingerprint density at radius 1 is 1.43 bits per heavy atom. The summed E-state index contributed by atoms with van der Waals surface area (Å²) in [6, 6.07) is 6.42. The van der Waals surface area contributed by atoms with E-state index in [4.69, 9.17) is 11.6 Å². The Morgan fingerprint density at radius 2 is 2.22 bits per heavy atom. The van der Waals surface area contributed by atoms with Gasteiger partial charge in [-0.05, 0) is 23.6 Å². The molecule has 0 spiro atoms. The Labute approximate surface area is 143 Å². The molecule has 2 N–H and O–H groups in total. The SMILES string of the molecule is CNC(=O)C1CN(S(=O)(=O)c2cc3ccc(Cl)cc3s2)CCN1. The van der Waals surface area contributed by atoms with Crippen molar-refractivity contribution in [2.45, 2.75) is 10.3 Å². The summed E-state index contributed by atoms with van der Waals surface area (Å²) in [5.74, 6) is -0.215. The van der Waals surface area contributed by atoms with Gasteiger partial charge in [0.05, 0.1) is 0 Å². The van der Waals surface area contributed by atoms with Gasteiger partial charge in [0.25, 0.3) is 10.0 Å². The van der Waals surface area contributed by atoms with Crippen molar-refractivity contribution in [2.24, 2.45) is 0 Å². The van der Waals surface area contributed by atoms with Crippen LogP contribution in [0.1, 0.15) is 0 Å². The molecule has 0 aliphatic carbocycles. The van der Waals surface area contributed by atoms with Gasteiger partial charge < -0.3 is 10.6 Å². The van der Waals surface area contributed by atoms with Crippen LogP contribution in [0.15, 0.2) is 28.5 Å². The molecule has 23 heavy (non-hydrogen) atoms. The Kier molecular flexibility index (Phi) is 4.61. The Hall–Kier alpha value is -1.19. The van der Waals surface area contributed by atoms with Crippen molar-refractivity contribution in [1.82, 2.24) is 14.9 Å². The highest BCUT2D eigenvalue weighted by Gasteiger charge is 2.33. The molecule has 1 aromatic carbocycles. The van der Waals surface area contributed by atoms with E-state index >= 15 is 0 Å². The van der Waals surface area contributed by atoms with Gasteiger partial charge in [-0.25, -0.2) is 8.42 Å². The summed E-state index contributed by atoms with van der Waals surface area (Å²) >= 11 is 7.15. The molecule has 1 fully saturated rings. The van der Waals surface area contributed by atoms with Crippen molar-refractivity contribution in [2.75, 3.05) is 26.7 Å². The molecule has 9 heteroatoms. The quantitative estimate of drug-likeness (QED) is 0.849. The predicted octanol–water partition coefficient (Wildman–Crippen LogP) is 1.26. The fraction of sp³-hybridized carbons (Fsp3) is 0.357. The Bertz CT molecular complexity index is 850. The molecule has 124 valence electrons. The number of nitrogens with one attached hydrogen (secondary N) is 2. The van der Waals surface area contributed by atoms with Crippen LogP contribution < -0.4 is 10.6 Å². The standard InChI is InChI=1S/C14H16ClN3O3S2/c1-16-14(19)11-8-18(5-4-17-11)23(20,21)13-6-9-2-3-10(15)7-12(9)22-13/h2-3,6-7,11,17H,4-5,8H2,1H3,(H,16,19). The molecular weight excluding hydrogens is 358 g/mol. The van der Waals surface area contributed by atoms with E-state index in [0.717, 1.165) is 10.1 Å². The largest absolute Gasteiger partial charge is 0.358 e. The van der Waals surface area contributed by atoms with Crippen LogP contribution in [0.4, 0.5) is 0 Å². The molecule has 1 aliphatic heterocycles. The number of amides is 1. The second kappa shape index (κ2) is 6.37. The maximum atomic E-state index is 12.8. The van der Waals surface area contributed by atoms with Crippen LogP contribution >= 0.6 is 22.9 Å². The van der Waals surface area contributed by atoms with Gasteiger partial charge in [-0.1, -0.05) is 17.7 Å². The zero-order valence-corrected chi connectivity index (χ0v) is 14.8. The number of carbonyl (C=O) groups is 1. The number of fused-ring (bicyclic) bond motifs is 1. The van der Waals surface area contributed by atoms with Crippen LogP contribution in [-0.4, -0.2) is 51.4 Å². The highest BCUT2D eigenvalue weighted by molar-refractivity contribution is 7.91. The monoisotopic (exact) mass is 373 g/mol. The molecule has 1 saturated heterocycles. The third kappa shape index (κ3) is 3.22. The summed E-state index contributed by atoms with van der Waals surface area (Å²) in [4.78, 5) is 11.7. The summed E-state index contributed by atoms with van der Waals surface area (Å²) < 4.78 is 28.1. The maximum absolute atomic E-state index is 12.8. The van der Waals surface area contributed by atoms with Crippen molar-refractivity contribution in [3.05, 3.63) is 29.3 Å². The number of hydrogen-bond donors (Lipinski definition) is 2. The van der Waals surface area contributed by atoms with Crippen molar-refractivity contribution in [1.29, 1.82) is 0 Å². The van der Waals surface area contributed by atoms with E-state index < -0.39 is 16.1 Å². The normalized spacial score (nSPS) is 19.8. The summed E-state index contributed by atoms with van der Waals surface area (Å²) in [5, 5.41) is 6.98. The minimum atomic E-state index is -3.62. The van der Waals surface area contributed by atoms with Gasteiger partial charge in [0.1, 0.15) is 10.3 Å². The van der Waals surface area contributed by atoms with E-state index in [1.807, 2.05) is 0 Å². The number of piperazine rings is 1. The van der Waals surface area contributed by atoms with Crippen LogP contribution in [0, 0.1) is 0 Å². The zero-order valence-electron chi connectivity index (χ0n) is 12.4. The van der Waals surface area contributed by atoms with Crippen LogP contribution in [0.25, 0.3) is 10.1 Å². The second-order valence-electron chi connectivity index (χ2n) is 5.23. The van der Waals surface area contributed by atoms with Gasteiger partial charge >= 0.3 is 0 Å². The second-order valence-corrected chi connectivity index (χ2v) is 8.92. The number of thiophene rings is 1. The number of carbonyl (C=O) groups excluding carboxylic acids is 1. The average Bonchev–Trinajstić information content (AvgIpc) is 2.98. The fourth-order valence-electron chi connectivity index (χ4n) is 2.53. The summed E-state index contributed by atoms with van der Waals surface area (Å²) in [6.07, 6.45) is 0. The first kappa shape index (κ1) is 16.7. The lowest BCUT2D eigenvalue weighted by Crippen LogP contribution is -2.57. The molecule has 0 radical (unpaired) electrons. The minimum absolute atomic E-state index is 0.122. The van der Waals surface area contributed by atoms with Crippen LogP contribution in [0.5, 0.6) is 0 Å². The van der Waals surface area contributed by atoms with Crippen LogP contribution in [0.3, 0.4) is 0 Å². The topological polar surface area (TPSA) is 78.5 Å². The number of nitrogens with zero attached hydrogens (tertiary/aromatic N) is 1. The first-order valence-electron chi connectivity index (χ1n) is 7.06. The maximum Gasteiger partial charge on any atom is 0.252 e. The number of benzene rings is 1. The summed E-state index contributed by atoms with van der Waals surface area (Å²) in [6.45, 7) is 0.899. The first-order chi connectivity index (χ1) is 10.9. The number of sulfonamides is 1. The first-order valence-corrected chi connectivity index (χ1v) is 9.69. The van der Waals surface area contributed by atoms with Gasteiger partial charge in [0.15, 0.2) is 0 Å². The fourth-order valence-corrected chi connectivity index (χ4v) is 5.81. The summed E-state index contributed by atoms with van der Waals surface area (Å²) in [5.41, 5.74) is 0. The van der Waals surface area contributed by atoms with E-state index in [1.54, 1.807) is 24.3 Å². The smallest absolute Gasteiger partial charge is 0.252 e. The van der Waals surface area contributed by atoms with Gasteiger partial charge in [-0.15, -0.1) is 11.3 Å². The lowest BCUT2D eigenvalue weighted by Gasteiger charge is -2.31. The lowest BCUT2D eigenvalue weighted by atomic mass is 10.2. The predicted molar refractivity (Wildman–Crippen MR) is 91.5 cm³/mol. The Balaban J connectivity index is 1.91. The molecule has 1 unspecified atom stereocenters. The van der Waals surface area contributed by atoms with E-state index in [9.17, 15) is 13.2 Å². The number of rotatable bonds is 3. The highest BCUT2D eigenvalue weighted by Crippen LogP contribution is 2.32. The molecule has 1 aliphatic rings. The molecule has 1 aromatic heterocycles. The number of hydrogen-bond acceptors (Lipinski definition) is 5. The van der Waals surface area contributed by atoms with Crippen molar-refractivity contribution >= 4 is 49.0 Å². The Morgan fingerprint density at radius 3 is 2.96 bits per heavy atom. The van der Waals surface area contributed by atoms with E-state index in [2.05, 4.69) is 10.6 Å². The molecule has 0 saturated carbocycles. The average molecular weight is 374 g/mol. The van der Waals surface area contributed by atoms with Gasteiger partial charge in [0.2, 0.25) is 5.91 Å². The molecule has 1 atom stereocenters. The third-order valence-electron chi connectivity index (χ3n) is 3.75. The van der Waals surface area contributed by atoms with Gasteiger partial charge in [0, 0.05) is 36.4 Å². The molecule has 2 heterocycles. The van der Waals surface area contributed by atoms with E-state index in [0.29, 0.717) is 18.1 Å². The van der Waals surface area contributed by atoms with E-state index in [1.165, 1.54) is 22.7 Å². The minimum Gasteiger partial charge on any atom is -0.358 e. The van der Waals surface area contributed by atoms with Gasteiger partial charge in [-0.3, -0.25) is 4.79 Å². The van der Waals surface area contributed by atoms with E-state index in [-0.39, 0.29) is 16.7 Å². The molecule has 6 nitrogen and oxygen atoms in total. The number of likely N-dealkylation sites (N-methyl/N-ethyl adjacent to an activating group) is 1.